The molecule has 2 aromatic rings. The van der Waals surface area contributed by atoms with E-state index in [2.05, 4.69) is 47.1 Å². The van der Waals surface area contributed by atoms with Gasteiger partial charge in [-0.15, -0.1) is 0 Å². The second kappa shape index (κ2) is 9.65. The molecule has 0 aliphatic carbocycles. The van der Waals surface area contributed by atoms with Crippen LogP contribution >= 0.6 is 0 Å². The number of carbonyl (C=O) groups is 1. The average molecular weight is 366 g/mol. The lowest BCUT2D eigenvalue weighted by Crippen LogP contribution is -2.47. The number of piperidine rings is 1. The van der Waals surface area contributed by atoms with Crippen LogP contribution in [0.1, 0.15) is 38.7 Å². The summed E-state index contributed by atoms with van der Waals surface area (Å²) in [5, 5.41) is 0. The average Bonchev–Trinajstić information content (AvgIpc) is 2.73. The highest BCUT2D eigenvalue weighted by atomic mass is 16.2. The Morgan fingerprint density at radius 1 is 1.15 bits per heavy atom. The Labute approximate surface area is 163 Å². The molecule has 1 aromatic carbocycles. The number of benzene rings is 1. The van der Waals surface area contributed by atoms with Crippen LogP contribution in [0.5, 0.6) is 0 Å². The monoisotopic (exact) mass is 365 g/mol. The minimum Gasteiger partial charge on any atom is -0.299 e. The number of amides is 1. The van der Waals surface area contributed by atoms with E-state index >= 15 is 0 Å². The third-order valence-corrected chi connectivity index (χ3v) is 5.62. The summed E-state index contributed by atoms with van der Waals surface area (Å²) in [5.74, 6) is 1.66. The Hall–Kier alpha value is -2.20. The fraction of sp³-hybridized carbons (Fsp3) is 0.478. The van der Waals surface area contributed by atoms with Crippen molar-refractivity contribution < 1.29 is 4.79 Å². The van der Waals surface area contributed by atoms with Crippen LogP contribution in [0.3, 0.4) is 0 Å². The predicted octanol–water partition coefficient (Wildman–Crippen LogP) is 4.17. The maximum absolute atomic E-state index is 12.5. The highest BCUT2D eigenvalue weighted by molar-refractivity contribution is 5.92. The highest BCUT2D eigenvalue weighted by Crippen LogP contribution is 2.24. The smallest absolute Gasteiger partial charge is 0.227 e. The van der Waals surface area contributed by atoms with E-state index in [0.717, 1.165) is 24.8 Å². The Bertz CT molecular complexity index is 696. The van der Waals surface area contributed by atoms with Gasteiger partial charge in [-0.2, -0.15) is 0 Å². The fourth-order valence-electron chi connectivity index (χ4n) is 3.95. The van der Waals surface area contributed by atoms with Crippen LogP contribution in [-0.2, 0) is 11.2 Å². The molecule has 3 rings (SSSR count). The minimum atomic E-state index is 0.138. The van der Waals surface area contributed by atoms with Gasteiger partial charge >= 0.3 is 0 Å². The Balaban J connectivity index is 1.55. The number of likely N-dealkylation sites (tertiary alicyclic amines) is 1. The highest BCUT2D eigenvalue weighted by Gasteiger charge is 2.26. The molecule has 4 nitrogen and oxygen atoms in total. The van der Waals surface area contributed by atoms with Crippen molar-refractivity contribution in [2.24, 2.45) is 5.92 Å². The molecular formula is C23H31N3O. The van der Waals surface area contributed by atoms with E-state index in [1.807, 2.05) is 30.0 Å². The van der Waals surface area contributed by atoms with Crippen LogP contribution in [0.15, 0.2) is 54.7 Å². The van der Waals surface area contributed by atoms with Crippen molar-refractivity contribution in [1.29, 1.82) is 0 Å². The first kappa shape index (κ1) is 19.6. The van der Waals surface area contributed by atoms with Crippen LogP contribution in [0.2, 0.25) is 0 Å². The molecule has 1 unspecified atom stereocenters. The van der Waals surface area contributed by atoms with Gasteiger partial charge in [-0.3, -0.25) is 14.6 Å². The molecule has 4 heteroatoms. The van der Waals surface area contributed by atoms with Crippen LogP contribution in [0.25, 0.3) is 0 Å². The quantitative estimate of drug-likeness (QED) is 0.739. The van der Waals surface area contributed by atoms with Crippen LogP contribution in [-0.4, -0.2) is 41.5 Å². The number of nitrogens with zero attached hydrogens (tertiary/aromatic N) is 3. The maximum atomic E-state index is 12.5. The van der Waals surface area contributed by atoms with Crippen molar-refractivity contribution in [3.05, 3.63) is 60.3 Å². The van der Waals surface area contributed by atoms with E-state index in [1.54, 1.807) is 6.20 Å². The van der Waals surface area contributed by atoms with Crippen LogP contribution in [0.4, 0.5) is 5.82 Å². The van der Waals surface area contributed by atoms with Crippen molar-refractivity contribution >= 4 is 11.7 Å². The molecular weight excluding hydrogens is 334 g/mol. The summed E-state index contributed by atoms with van der Waals surface area (Å²) < 4.78 is 0. The molecule has 1 aromatic heterocycles. The normalized spacial score (nSPS) is 16.8. The third kappa shape index (κ3) is 5.39. The third-order valence-electron chi connectivity index (χ3n) is 5.62. The lowest BCUT2D eigenvalue weighted by molar-refractivity contribution is -0.118. The summed E-state index contributed by atoms with van der Waals surface area (Å²) in [6.07, 6.45) is 5.89. The van der Waals surface area contributed by atoms with Gasteiger partial charge in [0, 0.05) is 25.2 Å². The first-order chi connectivity index (χ1) is 13.2. The topological polar surface area (TPSA) is 36.4 Å². The molecule has 0 spiro atoms. The predicted molar refractivity (Wildman–Crippen MR) is 111 cm³/mol. The minimum absolute atomic E-state index is 0.138. The van der Waals surface area contributed by atoms with E-state index in [-0.39, 0.29) is 5.91 Å². The van der Waals surface area contributed by atoms with Gasteiger partial charge in [0.2, 0.25) is 5.91 Å². The summed E-state index contributed by atoms with van der Waals surface area (Å²) >= 11 is 0. The van der Waals surface area contributed by atoms with E-state index < -0.39 is 0 Å². The SMILES string of the molecule is CCC(=O)N(CC(C)N1CCC(Cc2ccccc2)CC1)c1ccccn1. The molecule has 1 fully saturated rings. The number of rotatable bonds is 7. The summed E-state index contributed by atoms with van der Waals surface area (Å²) in [6, 6.07) is 16.9. The Kier molecular flexibility index (Phi) is 6.99. The van der Waals surface area contributed by atoms with Gasteiger partial charge in [0.1, 0.15) is 5.82 Å². The first-order valence-electron chi connectivity index (χ1n) is 10.2. The van der Waals surface area contributed by atoms with E-state index in [0.29, 0.717) is 19.0 Å². The number of hydrogen-bond donors (Lipinski definition) is 0. The van der Waals surface area contributed by atoms with Crippen molar-refractivity contribution in [2.75, 3.05) is 24.5 Å². The number of pyridine rings is 1. The van der Waals surface area contributed by atoms with E-state index in [1.165, 1.54) is 24.8 Å². The van der Waals surface area contributed by atoms with Crippen molar-refractivity contribution in [3.63, 3.8) is 0 Å². The summed E-state index contributed by atoms with van der Waals surface area (Å²) in [5.41, 5.74) is 1.44. The van der Waals surface area contributed by atoms with Gasteiger partial charge in [0.15, 0.2) is 0 Å². The van der Waals surface area contributed by atoms with Gasteiger partial charge in [0.25, 0.3) is 0 Å². The molecule has 1 aliphatic rings. The lowest BCUT2D eigenvalue weighted by Gasteiger charge is -2.38. The van der Waals surface area contributed by atoms with Gasteiger partial charge in [-0.25, -0.2) is 4.98 Å². The lowest BCUT2D eigenvalue weighted by atomic mass is 9.89. The number of anilines is 1. The van der Waals surface area contributed by atoms with Gasteiger partial charge in [0.05, 0.1) is 0 Å². The molecule has 1 aliphatic heterocycles. The van der Waals surface area contributed by atoms with Gasteiger partial charge in [-0.05, 0) is 62.9 Å². The summed E-state index contributed by atoms with van der Waals surface area (Å²) in [6.45, 7) is 7.06. The van der Waals surface area contributed by atoms with Crippen molar-refractivity contribution in [2.45, 2.75) is 45.6 Å². The standard InChI is InChI=1S/C23H31N3O/c1-3-23(27)26(22-11-7-8-14-24-22)18-19(2)25-15-12-21(13-16-25)17-20-9-5-4-6-10-20/h4-11,14,19,21H,3,12-13,15-18H2,1-2H3. The molecule has 144 valence electrons. The summed E-state index contributed by atoms with van der Waals surface area (Å²) in [4.78, 5) is 21.2. The zero-order chi connectivity index (χ0) is 19.1. The van der Waals surface area contributed by atoms with E-state index in [4.69, 9.17) is 0 Å². The number of carbonyl (C=O) groups excluding carboxylic acids is 1. The number of aromatic nitrogens is 1. The second-order valence-corrected chi connectivity index (χ2v) is 7.56. The van der Waals surface area contributed by atoms with Crippen molar-refractivity contribution in [3.8, 4) is 0 Å². The first-order valence-corrected chi connectivity index (χ1v) is 10.2. The molecule has 2 heterocycles. The molecule has 1 amide bonds. The van der Waals surface area contributed by atoms with E-state index in [9.17, 15) is 4.79 Å². The Morgan fingerprint density at radius 3 is 2.48 bits per heavy atom. The van der Waals surface area contributed by atoms with Gasteiger partial charge < -0.3 is 0 Å². The molecule has 0 bridgehead atoms. The summed E-state index contributed by atoms with van der Waals surface area (Å²) in [7, 11) is 0. The molecule has 27 heavy (non-hydrogen) atoms. The van der Waals surface area contributed by atoms with Crippen molar-refractivity contribution in [1.82, 2.24) is 9.88 Å². The molecule has 0 N–H and O–H groups in total. The maximum Gasteiger partial charge on any atom is 0.227 e. The second-order valence-electron chi connectivity index (χ2n) is 7.56. The zero-order valence-corrected chi connectivity index (χ0v) is 16.6. The molecule has 0 radical (unpaired) electrons. The van der Waals surface area contributed by atoms with Crippen LogP contribution in [0, 0.1) is 5.92 Å². The molecule has 0 saturated carbocycles. The molecule has 1 saturated heterocycles. The Morgan fingerprint density at radius 2 is 1.85 bits per heavy atom. The van der Waals surface area contributed by atoms with Gasteiger partial charge in [-0.1, -0.05) is 43.3 Å². The number of hydrogen-bond acceptors (Lipinski definition) is 3. The fourth-order valence-corrected chi connectivity index (χ4v) is 3.95. The van der Waals surface area contributed by atoms with Crippen LogP contribution < -0.4 is 4.90 Å². The largest absolute Gasteiger partial charge is 0.299 e. The zero-order valence-electron chi connectivity index (χ0n) is 16.6. The molecule has 1 atom stereocenters.